The van der Waals surface area contributed by atoms with Crippen molar-refractivity contribution in [3.05, 3.63) is 65.6 Å². The lowest BCUT2D eigenvalue weighted by Crippen LogP contribution is -2.21. The second-order valence-electron chi connectivity index (χ2n) is 5.45. The van der Waals surface area contributed by atoms with Gasteiger partial charge in [-0.15, -0.1) is 0 Å². The number of nitrogens with one attached hydrogen (secondary N) is 1. The number of aromatic nitrogens is 1. The highest BCUT2D eigenvalue weighted by Gasteiger charge is 2.21. The molecule has 4 nitrogen and oxygen atoms in total. The lowest BCUT2D eigenvalue weighted by Gasteiger charge is -2.16. The van der Waals surface area contributed by atoms with Crippen LogP contribution in [0.3, 0.4) is 0 Å². The fraction of sp³-hybridized carbons (Fsp3) is 0.158. The predicted molar refractivity (Wildman–Crippen MR) is 93.3 cm³/mol. The average molecular weight is 323 g/mol. The van der Waals surface area contributed by atoms with Crippen LogP contribution in [0.4, 0.5) is 4.39 Å². The third-order valence-electron chi connectivity index (χ3n) is 3.92. The van der Waals surface area contributed by atoms with Crippen LogP contribution in [0.2, 0.25) is 0 Å². The highest BCUT2D eigenvalue weighted by molar-refractivity contribution is 6.12. The van der Waals surface area contributed by atoms with Crippen LogP contribution in [0.1, 0.15) is 16.1 Å². The molecule has 3 aromatic rings. The van der Waals surface area contributed by atoms with E-state index in [0.717, 1.165) is 11.3 Å². The van der Waals surface area contributed by atoms with Gasteiger partial charge >= 0.3 is 0 Å². The van der Waals surface area contributed by atoms with Crippen LogP contribution in [0, 0.1) is 5.82 Å². The molecule has 0 unspecified atom stereocenters. The van der Waals surface area contributed by atoms with Crippen LogP contribution in [-0.4, -0.2) is 24.5 Å². The fourth-order valence-corrected chi connectivity index (χ4v) is 2.88. The van der Waals surface area contributed by atoms with E-state index in [2.05, 4.69) is 10.3 Å². The van der Waals surface area contributed by atoms with Crippen molar-refractivity contribution < 1.29 is 9.18 Å². The van der Waals surface area contributed by atoms with E-state index in [1.165, 1.54) is 12.1 Å². The number of fused-ring (bicyclic) bond motifs is 1. The Kier molecular flexibility index (Phi) is 4.53. The first kappa shape index (κ1) is 16.1. The van der Waals surface area contributed by atoms with Crippen LogP contribution in [0.25, 0.3) is 22.0 Å². The number of carbonyl (C=O) groups is 1. The lowest BCUT2D eigenvalue weighted by molar-refractivity contribution is 0.0965. The molecule has 0 saturated heterocycles. The van der Waals surface area contributed by atoms with Crippen molar-refractivity contribution in [3.8, 4) is 11.1 Å². The molecule has 5 heteroatoms. The van der Waals surface area contributed by atoms with Gasteiger partial charge in [0.25, 0.3) is 5.91 Å². The van der Waals surface area contributed by atoms with Crippen LogP contribution in [0.5, 0.6) is 0 Å². The minimum absolute atomic E-state index is 0.273. The number of carbonyl (C=O) groups excluding carboxylic acids is 1. The molecule has 1 aromatic heterocycles. The van der Waals surface area contributed by atoms with E-state index in [0.29, 0.717) is 35.0 Å². The quantitative estimate of drug-likeness (QED) is 0.776. The number of rotatable bonds is 4. The molecule has 3 N–H and O–H groups in total. The second kappa shape index (κ2) is 6.76. The molecule has 0 spiro atoms. The van der Waals surface area contributed by atoms with Gasteiger partial charge in [-0.3, -0.25) is 9.78 Å². The molecule has 1 amide bonds. The molecule has 0 radical (unpaired) electrons. The van der Waals surface area contributed by atoms with E-state index in [-0.39, 0.29) is 5.91 Å². The Balaban J connectivity index is 2.44. The number of hydrogen-bond acceptors (Lipinski definition) is 3. The molecule has 3 rings (SSSR count). The van der Waals surface area contributed by atoms with Crippen LogP contribution < -0.4 is 11.1 Å². The van der Waals surface area contributed by atoms with E-state index < -0.39 is 5.82 Å². The summed E-state index contributed by atoms with van der Waals surface area (Å²) in [6.07, 6.45) is 0.529. The van der Waals surface area contributed by atoms with Gasteiger partial charge in [-0.2, -0.15) is 0 Å². The number of amides is 1. The summed E-state index contributed by atoms with van der Waals surface area (Å²) in [4.78, 5) is 17.2. The van der Waals surface area contributed by atoms with Crippen molar-refractivity contribution in [1.29, 1.82) is 0 Å². The molecular formula is C19H18FN3O. The maximum Gasteiger partial charge on any atom is 0.252 e. The minimum atomic E-state index is -0.403. The number of nitrogens with two attached hydrogens (primary N) is 1. The zero-order valence-corrected chi connectivity index (χ0v) is 13.3. The van der Waals surface area contributed by atoms with Crippen molar-refractivity contribution in [2.24, 2.45) is 5.73 Å². The molecular weight excluding hydrogens is 305 g/mol. The third kappa shape index (κ3) is 2.86. The molecule has 0 aliphatic heterocycles. The summed E-state index contributed by atoms with van der Waals surface area (Å²) in [6.45, 7) is 0.409. The van der Waals surface area contributed by atoms with Gasteiger partial charge in [0.1, 0.15) is 5.82 Å². The fourth-order valence-electron chi connectivity index (χ4n) is 2.88. The number of hydrogen-bond donors (Lipinski definition) is 2. The third-order valence-corrected chi connectivity index (χ3v) is 3.92. The smallest absolute Gasteiger partial charge is 0.252 e. The zero-order valence-electron chi connectivity index (χ0n) is 13.3. The molecule has 1 heterocycles. The largest absolute Gasteiger partial charge is 0.355 e. The predicted octanol–water partition coefficient (Wildman–Crippen LogP) is 2.90. The maximum absolute atomic E-state index is 13.8. The topological polar surface area (TPSA) is 68.0 Å². The number of halogens is 1. The number of nitrogens with zero attached hydrogens (tertiary/aromatic N) is 1. The van der Waals surface area contributed by atoms with Gasteiger partial charge in [-0.1, -0.05) is 30.3 Å². The summed E-state index contributed by atoms with van der Waals surface area (Å²) in [5.74, 6) is -0.676. The van der Waals surface area contributed by atoms with Crippen LogP contribution in [-0.2, 0) is 6.42 Å². The summed E-state index contributed by atoms with van der Waals surface area (Å²) >= 11 is 0. The van der Waals surface area contributed by atoms with Gasteiger partial charge in [-0.05, 0) is 30.3 Å². The molecule has 122 valence electrons. The molecule has 24 heavy (non-hydrogen) atoms. The number of benzene rings is 2. The zero-order chi connectivity index (χ0) is 17.1. The SMILES string of the molecule is CNC(=O)c1c(-c2ccccc2)c(CCN)nc2ccc(F)cc12. The van der Waals surface area contributed by atoms with Gasteiger partial charge in [-0.25, -0.2) is 4.39 Å². The summed E-state index contributed by atoms with van der Waals surface area (Å²) < 4.78 is 13.8. The minimum Gasteiger partial charge on any atom is -0.355 e. The monoisotopic (exact) mass is 323 g/mol. The van der Waals surface area contributed by atoms with Gasteiger partial charge in [0.2, 0.25) is 0 Å². The summed E-state index contributed by atoms with van der Waals surface area (Å²) in [6, 6.07) is 13.8. The van der Waals surface area contributed by atoms with E-state index in [4.69, 9.17) is 5.73 Å². The highest BCUT2D eigenvalue weighted by atomic mass is 19.1. The van der Waals surface area contributed by atoms with Crippen LogP contribution >= 0.6 is 0 Å². The first-order chi connectivity index (χ1) is 11.7. The van der Waals surface area contributed by atoms with Gasteiger partial charge in [0.15, 0.2) is 0 Å². The Labute approximate surface area is 139 Å². The Morgan fingerprint density at radius 3 is 2.62 bits per heavy atom. The van der Waals surface area contributed by atoms with E-state index in [1.807, 2.05) is 30.3 Å². The standard InChI is InChI=1S/C19H18FN3O/c1-22-19(24)18-14-11-13(20)7-8-15(14)23-16(9-10-21)17(18)12-5-3-2-4-6-12/h2-8,11H,9-10,21H2,1H3,(H,22,24). The second-order valence-corrected chi connectivity index (χ2v) is 5.45. The Hall–Kier alpha value is -2.79. The Morgan fingerprint density at radius 1 is 1.21 bits per heavy atom. The lowest BCUT2D eigenvalue weighted by atomic mass is 9.92. The van der Waals surface area contributed by atoms with Gasteiger partial charge < -0.3 is 11.1 Å². The Morgan fingerprint density at radius 2 is 1.96 bits per heavy atom. The van der Waals surface area contributed by atoms with E-state index in [1.54, 1.807) is 13.1 Å². The van der Waals surface area contributed by atoms with Crippen molar-refractivity contribution in [3.63, 3.8) is 0 Å². The van der Waals surface area contributed by atoms with Crippen molar-refractivity contribution >= 4 is 16.8 Å². The van der Waals surface area contributed by atoms with Crippen molar-refractivity contribution in [1.82, 2.24) is 10.3 Å². The molecule has 0 bridgehead atoms. The maximum atomic E-state index is 13.8. The van der Waals surface area contributed by atoms with Gasteiger partial charge in [0.05, 0.1) is 16.8 Å². The van der Waals surface area contributed by atoms with E-state index in [9.17, 15) is 9.18 Å². The summed E-state index contributed by atoms with van der Waals surface area (Å²) in [5.41, 5.74) is 9.05. The average Bonchev–Trinajstić information content (AvgIpc) is 2.61. The van der Waals surface area contributed by atoms with Gasteiger partial charge in [0, 0.05) is 24.4 Å². The van der Waals surface area contributed by atoms with Crippen molar-refractivity contribution in [2.45, 2.75) is 6.42 Å². The molecule has 0 saturated carbocycles. The van der Waals surface area contributed by atoms with E-state index >= 15 is 0 Å². The molecule has 0 aliphatic carbocycles. The molecule has 0 aliphatic rings. The molecule has 2 aromatic carbocycles. The molecule has 0 atom stereocenters. The first-order valence-corrected chi connectivity index (χ1v) is 7.75. The first-order valence-electron chi connectivity index (χ1n) is 7.75. The summed E-state index contributed by atoms with van der Waals surface area (Å²) in [5, 5.41) is 3.15. The van der Waals surface area contributed by atoms with Crippen LogP contribution in [0.15, 0.2) is 48.5 Å². The molecule has 0 fully saturated rings. The van der Waals surface area contributed by atoms with Crippen molar-refractivity contribution in [2.75, 3.05) is 13.6 Å². The summed E-state index contributed by atoms with van der Waals surface area (Å²) in [7, 11) is 1.56. The normalized spacial score (nSPS) is 10.8. The number of pyridine rings is 1. The Bertz CT molecular complexity index is 894. The highest BCUT2D eigenvalue weighted by Crippen LogP contribution is 2.32.